The molecule has 0 atom stereocenters. The van der Waals surface area contributed by atoms with Gasteiger partial charge in [-0.3, -0.25) is 0 Å². The lowest BCUT2D eigenvalue weighted by atomic mass is 9.66. The monoisotopic (exact) mass is 866 g/mol. The molecule has 2 nitrogen and oxygen atoms in total. The predicted octanol–water partition coefficient (Wildman–Crippen LogP) is 16.6. The number of nitrogens with zero attached hydrogens (tertiary/aromatic N) is 2. The largest absolute Gasteiger partial charge is 0.228 e. The third-order valence-corrected chi connectivity index (χ3v) is 14.8. The zero-order valence-electron chi connectivity index (χ0n) is 38.0. The van der Waals surface area contributed by atoms with Gasteiger partial charge < -0.3 is 0 Å². The molecule has 2 aliphatic carbocycles. The van der Waals surface area contributed by atoms with E-state index in [1.807, 2.05) is 6.07 Å². The van der Waals surface area contributed by atoms with E-state index >= 15 is 0 Å². The van der Waals surface area contributed by atoms with E-state index in [4.69, 9.17) is 9.97 Å². The van der Waals surface area contributed by atoms with E-state index in [1.165, 1.54) is 83.3 Å². The molecule has 0 unspecified atom stereocenters. The second-order valence-corrected chi connectivity index (χ2v) is 18.8. The Labute approximate surface area is 398 Å². The van der Waals surface area contributed by atoms with Crippen LogP contribution in [0.15, 0.2) is 243 Å². The van der Waals surface area contributed by atoms with Gasteiger partial charge >= 0.3 is 0 Å². The van der Waals surface area contributed by atoms with Crippen LogP contribution >= 0.6 is 0 Å². The molecule has 0 aliphatic heterocycles. The molecule has 0 fully saturated rings. The van der Waals surface area contributed by atoms with Crippen LogP contribution in [0.25, 0.3) is 89.2 Å². The maximum atomic E-state index is 5.34. The topological polar surface area (TPSA) is 25.8 Å². The number of fused-ring (bicyclic) bond motifs is 7. The highest BCUT2D eigenvalue weighted by Crippen LogP contribution is 2.59. The molecule has 320 valence electrons. The van der Waals surface area contributed by atoms with Crippen LogP contribution in [-0.4, -0.2) is 9.97 Å². The van der Waals surface area contributed by atoms with E-state index < -0.39 is 5.41 Å². The van der Waals surface area contributed by atoms with Gasteiger partial charge in [0.15, 0.2) is 5.82 Å². The molecule has 0 bridgehead atoms. The standard InChI is InChI=1S/C66H46N2/c1-65(2)58-34-16-14-30-53(58)55-37-36-46(41-60(55)65)61-42-62(68-64(67-61)43-20-6-3-7-21-43)56-39-38-49(51-28-12-13-29-52(51)56)44-22-18-23-45(40-44)50-32-19-33-57-54-31-15-17-35-59(54)66(63(50)57,47-24-8-4-9-25-47)48-26-10-5-11-27-48/h3-42H,1-2H3. The first-order chi connectivity index (χ1) is 33.5. The van der Waals surface area contributed by atoms with Crippen LogP contribution in [0.2, 0.25) is 0 Å². The Morgan fingerprint density at radius 1 is 0.294 bits per heavy atom. The lowest BCUT2D eigenvalue weighted by Gasteiger charge is -2.35. The Morgan fingerprint density at radius 2 is 0.779 bits per heavy atom. The van der Waals surface area contributed by atoms with Crippen LogP contribution in [0.5, 0.6) is 0 Å². The molecule has 0 saturated heterocycles. The zero-order chi connectivity index (χ0) is 45.4. The van der Waals surface area contributed by atoms with Crippen LogP contribution in [0.1, 0.15) is 47.2 Å². The maximum absolute atomic E-state index is 5.34. The van der Waals surface area contributed by atoms with Crippen molar-refractivity contribution in [1.82, 2.24) is 9.97 Å². The Morgan fingerprint density at radius 3 is 1.50 bits per heavy atom. The summed E-state index contributed by atoms with van der Waals surface area (Å²) in [5, 5.41) is 2.32. The quantitative estimate of drug-likeness (QED) is 0.159. The van der Waals surface area contributed by atoms with Gasteiger partial charge in [-0.15, -0.1) is 0 Å². The molecule has 0 amide bonds. The highest BCUT2D eigenvalue weighted by Gasteiger charge is 2.47. The summed E-state index contributed by atoms with van der Waals surface area (Å²) in [5.74, 6) is 0.710. The van der Waals surface area contributed by atoms with Crippen LogP contribution in [-0.2, 0) is 10.8 Å². The van der Waals surface area contributed by atoms with E-state index in [0.717, 1.165) is 33.5 Å². The van der Waals surface area contributed by atoms with Crippen molar-refractivity contribution < 1.29 is 0 Å². The van der Waals surface area contributed by atoms with Crippen LogP contribution in [0, 0.1) is 0 Å². The van der Waals surface area contributed by atoms with Gasteiger partial charge in [0.1, 0.15) is 0 Å². The second kappa shape index (κ2) is 15.6. The van der Waals surface area contributed by atoms with Gasteiger partial charge in [0.05, 0.1) is 16.8 Å². The average molecular weight is 867 g/mol. The molecule has 2 heteroatoms. The summed E-state index contributed by atoms with van der Waals surface area (Å²) in [4.78, 5) is 10.6. The van der Waals surface area contributed by atoms with Crippen molar-refractivity contribution in [3.63, 3.8) is 0 Å². The molecule has 0 spiro atoms. The summed E-state index contributed by atoms with van der Waals surface area (Å²) in [6.45, 7) is 4.67. The number of rotatable bonds is 7. The Balaban J connectivity index is 0.963. The summed E-state index contributed by atoms with van der Waals surface area (Å²) < 4.78 is 0. The Kier molecular flexibility index (Phi) is 9.13. The lowest BCUT2D eigenvalue weighted by molar-refractivity contribution is 0.660. The minimum absolute atomic E-state index is 0.123. The van der Waals surface area contributed by atoms with Crippen molar-refractivity contribution in [2.75, 3.05) is 0 Å². The average Bonchev–Trinajstić information content (AvgIpc) is 3.84. The fourth-order valence-electron chi connectivity index (χ4n) is 11.7. The molecule has 0 saturated carbocycles. The third kappa shape index (κ3) is 6.04. The Bertz CT molecular complexity index is 3720. The fourth-order valence-corrected chi connectivity index (χ4v) is 11.7. The van der Waals surface area contributed by atoms with Gasteiger partial charge in [-0.25, -0.2) is 9.97 Å². The number of benzene rings is 10. The van der Waals surface area contributed by atoms with Crippen molar-refractivity contribution in [1.29, 1.82) is 0 Å². The molecular formula is C66H46N2. The molecule has 0 N–H and O–H groups in total. The summed E-state index contributed by atoms with van der Waals surface area (Å²) in [7, 11) is 0. The van der Waals surface area contributed by atoms with Crippen molar-refractivity contribution in [3.05, 3.63) is 276 Å². The molecule has 1 aromatic heterocycles. The minimum Gasteiger partial charge on any atom is -0.228 e. The number of aromatic nitrogens is 2. The second-order valence-electron chi connectivity index (χ2n) is 18.8. The predicted molar refractivity (Wildman–Crippen MR) is 282 cm³/mol. The van der Waals surface area contributed by atoms with Gasteiger partial charge in [-0.1, -0.05) is 238 Å². The van der Waals surface area contributed by atoms with Crippen molar-refractivity contribution in [2.24, 2.45) is 0 Å². The Hall–Kier alpha value is -8.46. The first-order valence-corrected chi connectivity index (χ1v) is 23.6. The minimum atomic E-state index is -0.509. The summed E-state index contributed by atoms with van der Waals surface area (Å²) >= 11 is 0. The first kappa shape index (κ1) is 39.9. The van der Waals surface area contributed by atoms with Gasteiger partial charge in [0, 0.05) is 22.1 Å². The smallest absolute Gasteiger partial charge is 0.160 e. The summed E-state index contributed by atoms with van der Waals surface area (Å²) in [6, 6.07) is 88.8. The molecule has 2 aliphatic rings. The number of hydrogen-bond donors (Lipinski definition) is 0. The molecule has 0 radical (unpaired) electrons. The van der Waals surface area contributed by atoms with Gasteiger partial charge in [0.2, 0.25) is 0 Å². The van der Waals surface area contributed by atoms with E-state index in [2.05, 4.69) is 250 Å². The molecule has 68 heavy (non-hydrogen) atoms. The van der Waals surface area contributed by atoms with E-state index in [-0.39, 0.29) is 5.41 Å². The van der Waals surface area contributed by atoms with E-state index in [9.17, 15) is 0 Å². The van der Waals surface area contributed by atoms with Crippen LogP contribution < -0.4 is 0 Å². The lowest BCUT2D eigenvalue weighted by Crippen LogP contribution is -2.29. The van der Waals surface area contributed by atoms with Crippen molar-refractivity contribution in [2.45, 2.75) is 24.7 Å². The van der Waals surface area contributed by atoms with Crippen molar-refractivity contribution in [3.8, 4) is 78.4 Å². The van der Waals surface area contributed by atoms with Gasteiger partial charge in [-0.2, -0.15) is 0 Å². The normalized spacial score (nSPS) is 13.7. The summed E-state index contributed by atoms with van der Waals surface area (Å²) in [6.07, 6.45) is 0. The van der Waals surface area contributed by atoms with Crippen LogP contribution in [0.4, 0.5) is 0 Å². The molecule has 11 aromatic rings. The van der Waals surface area contributed by atoms with Crippen LogP contribution in [0.3, 0.4) is 0 Å². The SMILES string of the molecule is CC1(C)c2ccccc2-c2ccc(-c3cc(-c4ccc(-c5cccc(-c6cccc7c6C(c6ccccc6)(c6ccccc6)c6ccccc6-7)c5)c5ccccc45)nc(-c4ccccc4)n3)cc21. The fraction of sp³-hybridized carbons (Fsp3) is 0.0606. The van der Waals surface area contributed by atoms with Gasteiger partial charge in [-0.05, 0) is 107 Å². The molecule has 1 heterocycles. The molecular weight excluding hydrogens is 821 g/mol. The third-order valence-electron chi connectivity index (χ3n) is 14.8. The maximum Gasteiger partial charge on any atom is 0.160 e. The molecule has 10 aromatic carbocycles. The van der Waals surface area contributed by atoms with E-state index in [0.29, 0.717) is 5.82 Å². The van der Waals surface area contributed by atoms with Crippen molar-refractivity contribution >= 4 is 10.8 Å². The van der Waals surface area contributed by atoms with Gasteiger partial charge in [0.25, 0.3) is 0 Å². The zero-order valence-corrected chi connectivity index (χ0v) is 38.0. The highest BCUT2D eigenvalue weighted by atomic mass is 14.9. The molecule has 13 rings (SSSR count). The summed E-state index contributed by atoms with van der Waals surface area (Å²) in [5.41, 5.74) is 22.1. The highest BCUT2D eigenvalue weighted by molar-refractivity contribution is 6.05. The van der Waals surface area contributed by atoms with E-state index in [1.54, 1.807) is 0 Å². The first-order valence-electron chi connectivity index (χ1n) is 23.6. The number of hydrogen-bond acceptors (Lipinski definition) is 2.